The lowest BCUT2D eigenvalue weighted by Crippen LogP contribution is -2.42. The van der Waals surface area contributed by atoms with Crippen LogP contribution >= 0.6 is 0 Å². The molecule has 0 saturated heterocycles. The van der Waals surface area contributed by atoms with Crippen molar-refractivity contribution in [2.45, 2.75) is 19.4 Å². The number of aromatic nitrogens is 2. The molecule has 1 atom stereocenters. The molecule has 0 aromatic carbocycles. The average Bonchev–Trinajstić information content (AvgIpc) is 2.90. The number of rotatable bonds is 6. The SMILES string of the molecule is CC=C/C=C/C(=O)N[C@@H](Cc1cnc[nH]1)C(=O)OC. The van der Waals surface area contributed by atoms with Crippen LogP contribution in [0.3, 0.4) is 0 Å². The Labute approximate surface area is 111 Å². The second kappa shape index (κ2) is 7.86. The smallest absolute Gasteiger partial charge is 0.328 e. The van der Waals surface area contributed by atoms with Crippen molar-refractivity contribution in [1.82, 2.24) is 15.3 Å². The largest absolute Gasteiger partial charge is 0.467 e. The van der Waals surface area contributed by atoms with Gasteiger partial charge >= 0.3 is 5.97 Å². The molecule has 0 spiro atoms. The van der Waals surface area contributed by atoms with Gasteiger partial charge in [0.1, 0.15) is 6.04 Å². The van der Waals surface area contributed by atoms with Gasteiger partial charge in [-0.15, -0.1) is 0 Å². The van der Waals surface area contributed by atoms with Crippen LogP contribution in [-0.4, -0.2) is 35.0 Å². The first-order chi connectivity index (χ1) is 9.17. The summed E-state index contributed by atoms with van der Waals surface area (Å²) in [7, 11) is 1.28. The summed E-state index contributed by atoms with van der Waals surface area (Å²) in [5.41, 5.74) is 0.744. The molecule has 1 aromatic heterocycles. The number of carbonyl (C=O) groups excluding carboxylic acids is 2. The van der Waals surface area contributed by atoms with Gasteiger partial charge in [-0.05, 0) is 6.92 Å². The van der Waals surface area contributed by atoms with Crippen LogP contribution in [-0.2, 0) is 20.7 Å². The number of H-pyrrole nitrogens is 1. The number of hydrogen-bond acceptors (Lipinski definition) is 4. The normalized spacial score (nSPS) is 12.7. The van der Waals surface area contributed by atoms with E-state index in [9.17, 15) is 9.59 Å². The van der Waals surface area contributed by atoms with Crippen LogP contribution in [0.4, 0.5) is 0 Å². The molecule has 19 heavy (non-hydrogen) atoms. The van der Waals surface area contributed by atoms with Crippen molar-refractivity contribution in [3.8, 4) is 0 Å². The van der Waals surface area contributed by atoms with Crippen molar-refractivity contribution >= 4 is 11.9 Å². The molecule has 102 valence electrons. The van der Waals surface area contributed by atoms with Gasteiger partial charge in [0.15, 0.2) is 0 Å². The standard InChI is InChI=1S/C13H17N3O3/c1-3-4-5-6-12(17)16-11(13(18)19-2)7-10-8-14-9-15-10/h3-6,8-9,11H,7H2,1-2H3,(H,14,15)(H,16,17)/b4-3?,6-5+/t11-/m0/s1. The highest BCUT2D eigenvalue weighted by Gasteiger charge is 2.21. The molecular formula is C13H17N3O3. The van der Waals surface area contributed by atoms with E-state index < -0.39 is 12.0 Å². The van der Waals surface area contributed by atoms with E-state index in [0.29, 0.717) is 6.42 Å². The highest BCUT2D eigenvalue weighted by molar-refractivity contribution is 5.91. The molecule has 0 fully saturated rings. The molecule has 1 amide bonds. The minimum atomic E-state index is -0.742. The Balaban J connectivity index is 2.64. The van der Waals surface area contributed by atoms with Crippen molar-refractivity contribution in [3.05, 3.63) is 42.5 Å². The van der Waals surface area contributed by atoms with Gasteiger partial charge < -0.3 is 15.0 Å². The summed E-state index contributed by atoms with van der Waals surface area (Å²) in [4.78, 5) is 29.9. The number of nitrogens with one attached hydrogen (secondary N) is 2. The Morgan fingerprint density at radius 1 is 1.53 bits per heavy atom. The number of ether oxygens (including phenoxy) is 1. The van der Waals surface area contributed by atoms with Crippen molar-refractivity contribution in [1.29, 1.82) is 0 Å². The summed E-state index contributed by atoms with van der Waals surface area (Å²) in [5, 5.41) is 2.58. The Kier molecular flexibility index (Phi) is 6.08. The summed E-state index contributed by atoms with van der Waals surface area (Å²) in [6.07, 6.45) is 9.88. The minimum Gasteiger partial charge on any atom is -0.467 e. The van der Waals surface area contributed by atoms with Crippen molar-refractivity contribution < 1.29 is 14.3 Å². The Bertz CT molecular complexity index is 463. The monoisotopic (exact) mass is 263 g/mol. The van der Waals surface area contributed by atoms with E-state index in [0.717, 1.165) is 5.69 Å². The van der Waals surface area contributed by atoms with Crippen LogP contribution in [0, 0.1) is 0 Å². The predicted octanol–water partition coefficient (Wildman–Crippen LogP) is 0.742. The third-order valence-electron chi connectivity index (χ3n) is 2.33. The van der Waals surface area contributed by atoms with Crippen LogP contribution in [0.25, 0.3) is 0 Å². The number of carbonyl (C=O) groups is 2. The maximum absolute atomic E-state index is 11.6. The zero-order valence-corrected chi connectivity index (χ0v) is 10.9. The number of amides is 1. The lowest BCUT2D eigenvalue weighted by atomic mass is 10.1. The van der Waals surface area contributed by atoms with Crippen LogP contribution < -0.4 is 5.32 Å². The number of methoxy groups -OCH3 is 1. The molecule has 1 heterocycles. The molecule has 0 aliphatic carbocycles. The van der Waals surface area contributed by atoms with Crippen molar-refractivity contribution in [2.75, 3.05) is 7.11 Å². The van der Waals surface area contributed by atoms with E-state index in [1.165, 1.54) is 19.5 Å². The van der Waals surface area contributed by atoms with Crippen molar-refractivity contribution in [3.63, 3.8) is 0 Å². The average molecular weight is 263 g/mol. The Morgan fingerprint density at radius 2 is 2.32 bits per heavy atom. The molecule has 0 radical (unpaired) electrons. The van der Waals surface area contributed by atoms with E-state index in [2.05, 4.69) is 20.0 Å². The molecule has 1 aromatic rings. The van der Waals surface area contributed by atoms with E-state index in [1.807, 2.05) is 6.92 Å². The molecule has 1 rings (SSSR count). The summed E-state index contributed by atoms with van der Waals surface area (Å²) >= 11 is 0. The van der Waals surface area contributed by atoms with Crippen molar-refractivity contribution in [2.24, 2.45) is 0 Å². The zero-order chi connectivity index (χ0) is 14.1. The highest BCUT2D eigenvalue weighted by atomic mass is 16.5. The number of esters is 1. The van der Waals surface area contributed by atoms with Crippen LogP contribution in [0.2, 0.25) is 0 Å². The summed E-state index contributed by atoms with van der Waals surface area (Å²) in [6.45, 7) is 1.84. The molecule has 0 bridgehead atoms. The molecule has 6 nitrogen and oxygen atoms in total. The highest BCUT2D eigenvalue weighted by Crippen LogP contribution is 2.00. The molecule has 6 heteroatoms. The second-order valence-corrected chi connectivity index (χ2v) is 3.75. The predicted molar refractivity (Wildman–Crippen MR) is 70.2 cm³/mol. The third-order valence-corrected chi connectivity index (χ3v) is 2.33. The quantitative estimate of drug-likeness (QED) is 0.450. The van der Waals surface area contributed by atoms with Crippen LogP contribution in [0.15, 0.2) is 36.8 Å². The molecule has 0 aliphatic rings. The summed E-state index contributed by atoms with van der Waals surface area (Å²) in [5.74, 6) is -0.851. The fraction of sp³-hybridized carbons (Fsp3) is 0.308. The van der Waals surface area contributed by atoms with Gasteiger partial charge in [0, 0.05) is 24.4 Å². The first kappa shape index (κ1) is 14.7. The van der Waals surface area contributed by atoms with Gasteiger partial charge in [-0.1, -0.05) is 18.2 Å². The summed E-state index contributed by atoms with van der Waals surface area (Å²) in [6, 6.07) is -0.742. The van der Waals surface area contributed by atoms with Gasteiger partial charge in [-0.3, -0.25) is 4.79 Å². The molecule has 0 saturated carbocycles. The molecule has 0 unspecified atom stereocenters. The van der Waals surface area contributed by atoms with Gasteiger partial charge in [-0.2, -0.15) is 0 Å². The first-order valence-electron chi connectivity index (χ1n) is 5.82. The minimum absolute atomic E-state index is 0.301. The number of aromatic amines is 1. The fourth-order valence-electron chi connectivity index (χ4n) is 1.43. The molecule has 0 aliphatic heterocycles. The van der Waals surface area contributed by atoms with Gasteiger partial charge in [0.05, 0.1) is 13.4 Å². The number of hydrogen-bond donors (Lipinski definition) is 2. The number of imidazole rings is 1. The summed E-state index contributed by atoms with van der Waals surface area (Å²) < 4.78 is 4.66. The van der Waals surface area contributed by atoms with Gasteiger partial charge in [0.2, 0.25) is 5.91 Å². The second-order valence-electron chi connectivity index (χ2n) is 3.75. The van der Waals surface area contributed by atoms with E-state index >= 15 is 0 Å². The molecule has 2 N–H and O–H groups in total. The lowest BCUT2D eigenvalue weighted by Gasteiger charge is -2.14. The van der Waals surface area contributed by atoms with E-state index in [1.54, 1.807) is 24.4 Å². The van der Waals surface area contributed by atoms with Gasteiger partial charge in [-0.25, -0.2) is 9.78 Å². The van der Waals surface area contributed by atoms with E-state index in [4.69, 9.17) is 0 Å². The van der Waals surface area contributed by atoms with Crippen LogP contribution in [0.5, 0.6) is 0 Å². The lowest BCUT2D eigenvalue weighted by molar-refractivity contribution is -0.144. The Morgan fingerprint density at radius 3 is 2.89 bits per heavy atom. The first-order valence-corrected chi connectivity index (χ1v) is 5.82. The Hall–Kier alpha value is -2.37. The zero-order valence-electron chi connectivity index (χ0n) is 10.9. The van der Waals surface area contributed by atoms with Gasteiger partial charge in [0.25, 0.3) is 0 Å². The maximum atomic E-state index is 11.6. The third kappa shape index (κ3) is 5.20. The van der Waals surface area contributed by atoms with Crippen LogP contribution in [0.1, 0.15) is 12.6 Å². The maximum Gasteiger partial charge on any atom is 0.328 e. The number of allylic oxidation sites excluding steroid dienone is 3. The topological polar surface area (TPSA) is 84.1 Å². The fourth-order valence-corrected chi connectivity index (χ4v) is 1.43. The van der Waals surface area contributed by atoms with E-state index in [-0.39, 0.29) is 5.91 Å². The number of nitrogens with zero attached hydrogens (tertiary/aromatic N) is 1. The molecular weight excluding hydrogens is 246 g/mol.